The van der Waals surface area contributed by atoms with Crippen LogP contribution in [0.3, 0.4) is 0 Å². The van der Waals surface area contributed by atoms with Crippen molar-refractivity contribution in [3.8, 4) is 0 Å². The number of nitrogens with zero attached hydrogens (tertiary/aromatic N) is 1. The fourth-order valence-corrected chi connectivity index (χ4v) is 2.15. The maximum Gasteiger partial charge on any atom is 0.128 e. The van der Waals surface area contributed by atoms with Crippen molar-refractivity contribution in [2.45, 2.75) is 6.04 Å². The summed E-state index contributed by atoms with van der Waals surface area (Å²) in [5.74, 6) is -0.147. The van der Waals surface area contributed by atoms with E-state index in [0.29, 0.717) is 0 Å². The summed E-state index contributed by atoms with van der Waals surface area (Å²) in [4.78, 5) is 2.25. The molecule has 16 heavy (non-hydrogen) atoms. The van der Waals surface area contributed by atoms with E-state index < -0.39 is 0 Å². The third-order valence-corrected chi connectivity index (χ3v) is 2.99. The van der Waals surface area contributed by atoms with E-state index in [-0.39, 0.29) is 11.9 Å². The Hall–Kier alpha value is -1.19. The molecule has 3 heteroatoms. The van der Waals surface area contributed by atoms with E-state index in [0.717, 1.165) is 31.7 Å². The van der Waals surface area contributed by atoms with Gasteiger partial charge in [-0.25, -0.2) is 4.39 Å². The summed E-state index contributed by atoms with van der Waals surface area (Å²) in [6.07, 6.45) is 1.82. The lowest BCUT2D eigenvalue weighted by Gasteiger charge is -2.33. The summed E-state index contributed by atoms with van der Waals surface area (Å²) < 4.78 is 13.7. The van der Waals surface area contributed by atoms with Crippen LogP contribution in [0.25, 0.3) is 0 Å². The Balaban J connectivity index is 2.21. The lowest BCUT2D eigenvalue weighted by atomic mass is 10.0. The number of benzene rings is 1. The molecule has 1 fully saturated rings. The zero-order valence-electron chi connectivity index (χ0n) is 9.32. The Morgan fingerprint density at radius 3 is 2.62 bits per heavy atom. The molecular formula is C13H17FN2. The van der Waals surface area contributed by atoms with Gasteiger partial charge < -0.3 is 5.32 Å². The molecule has 0 spiro atoms. The number of nitrogens with one attached hydrogen (secondary N) is 1. The van der Waals surface area contributed by atoms with Gasteiger partial charge in [-0.05, 0) is 6.07 Å². The number of hydrogen-bond donors (Lipinski definition) is 1. The highest BCUT2D eigenvalue weighted by atomic mass is 19.1. The topological polar surface area (TPSA) is 15.3 Å². The Bertz CT molecular complexity index is 359. The minimum Gasteiger partial charge on any atom is -0.314 e. The normalized spacial score (nSPS) is 19.3. The van der Waals surface area contributed by atoms with E-state index in [1.54, 1.807) is 6.07 Å². The first-order valence-corrected chi connectivity index (χ1v) is 5.64. The lowest BCUT2D eigenvalue weighted by molar-refractivity contribution is 0.200. The molecule has 1 aliphatic heterocycles. The second-order valence-corrected chi connectivity index (χ2v) is 3.99. The van der Waals surface area contributed by atoms with Crippen LogP contribution in [0.1, 0.15) is 11.6 Å². The average molecular weight is 220 g/mol. The summed E-state index contributed by atoms with van der Waals surface area (Å²) in [5.41, 5.74) is 0.722. The number of halogens is 1. The molecular weight excluding hydrogens is 203 g/mol. The van der Waals surface area contributed by atoms with Crippen molar-refractivity contribution in [1.82, 2.24) is 10.2 Å². The molecule has 0 radical (unpaired) electrons. The van der Waals surface area contributed by atoms with Gasteiger partial charge in [0.15, 0.2) is 0 Å². The third-order valence-electron chi connectivity index (χ3n) is 2.99. The Morgan fingerprint density at radius 2 is 2.00 bits per heavy atom. The van der Waals surface area contributed by atoms with Gasteiger partial charge in [0.2, 0.25) is 0 Å². The van der Waals surface area contributed by atoms with Crippen molar-refractivity contribution in [3.63, 3.8) is 0 Å². The lowest BCUT2D eigenvalue weighted by Crippen LogP contribution is -2.44. The van der Waals surface area contributed by atoms with E-state index in [2.05, 4.69) is 16.8 Å². The highest BCUT2D eigenvalue weighted by Gasteiger charge is 2.21. The van der Waals surface area contributed by atoms with Crippen LogP contribution < -0.4 is 5.32 Å². The molecule has 2 nitrogen and oxygen atoms in total. The van der Waals surface area contributed by atoms with Gasteiger partial charge in [0, 0.05) is 31.7 Å². The summed E-state index contributed by atoms with van der Waals surface area (Å²) in [6.45, 7) is 7.61. The fraction of sp³-hybridized carbons (Fsp3) is 0.385. The van der Waals surface area contributed by atoms with Crippen LogP contribution >= 0.6 is 0 Å². The molecule has 1 N–H and O–H groups in total. The van der Waals surface area contributed by atoms with Crippen molar-refractivity contribution in [1.29, 1.82) is 0 Å². The second-order valence-electron chi connectivity index (χ2n) is 3.99. The van der Waals surface area contributed by atoms with E-state index in [1.807, 2.05) is 18.2 Å². The number of hydrogen-bond acceptors (Lipinski definition) is 2. The van der Waals surface area contributed by atoms with Crippen LogP contribution in [0.5, 0.6) is 0 Å². The predicted octanol–water partition coefficient (Wildman–Crippen LogP) is 1.96. The SMILES string of the molecule is C=C[C@H](c1ccccc1F)N1CCNCC1. The maximum absolute atomic E-state index is 13.7. The summed E-state index contributed by atoms with van der Waals surface area (Å²) in [5, 5.41) is 3.29. The van der Waals surface area contributed by atoms with Gasteiger partial charge in [-0.3, -0.25) is 4.90 Å². The average Bonchev–Trinajstić information content (AvgIpc) is 2.34. The molecule has 0 aromatic heterocycles. The van der Waals surface area contributed by atoms with Crippen LogP contribution in [0.2, 0.25) is 0 Å². The highest BCUT2D eigenvalue weighted by molar-refractivity contribution is 5.24. The minimum absolute atomic E-state index is 0.0108. The third kappa shape index (κ3) is 2.31. The summed E-state index contributed by atoms with van der Waals surface area (Å²) in [6, 6.07) is 6.93. The van der Waals surface area contributed by atoms with Gasteiger partial charge in [-0.15, -0.1) is 6.58 Å². The molecule has 2 rings (SSSR count). The van der Waals surface area contributed by atoms with Crippen LogP contribution in [0, 0.1) is 5.82 Å². The quantitative estimate of drug-likeness (QED) is 0.783. The molecule has 1 aliphatic rings. The van der Waals surface area contributed by atoms with Crippen LogP contribution in [-0.2, 0) is 0 Å². The van der Waals surface area contributed by atoms with Gasteiger partial charge >= 0.3 is 0 Å². The van der Waals surface area contributed by atoms with E-state index in [9.17, 15) is 4.39 Å². The van der Waals surface area contributed by atoms with Crippen molar-refractivity contribution in [2.75, 3.05) is 26.2 Å². The summed E-state index contributed by atoms with van der Waals surface area (Å²) in [7, 11) is 0. The Morgan fingerprint density at radius 1 is 1.31 bits per heavy atom. The van der Waals surface area contributed by atoms with Crippen molar-refractivity contribution >= 4 is 0 Å². The summed E-state index contributed by atoms with van der Waals surface area (Å²) >= 11 is 0. The smallest absolute Gasteiger partial charge is 0.128 e. The zero-order valence-corrected chi connectivity index (χ0v) is 9.32. The molecule has 0 aliphatic carbocycles. The van der Waals surface area contributed by atoms with Gasteiger partial charge in [0.1, 0.15) is 5.82 Å². The molecule has 0 saturated carbocycles. The molecule has 1 aromatic carbocycles. The Labute approximate surface area is 95.8 Å². The van der Waals surface area contributed by atoms with Gasteiger partial charge in [0.25, 0.3) is 0 Å². The van der Waals surface area contributed by atoms with Crippen LogP contribution in [-0.4, -0.2) is 31.1 Å². The number of rotatable bonds is 3. The number of piperazine rings is 1. The standard InChI is InChI=1S/C13H17FN2/c1-2-13(16-9-7-15-8-10-16)11-5-3-4-6-12(11)14/h2-6,13,15H,1,7-10H2/t13-/m1/s1. The van der Waals surface area contributed by atoms with Crippen LogP contribution in [0.4, 0.5) is 4.39 Å². The molecule has 86 valence electrons. The molecule has 0 bridgehead atoms. The second kappa shape index (κ2) is 5.23. The first kappa shape index (κ1) is 11.3. The molecule has 1 saturated heterocycles. The van der Waals surface area contributed by atoms with Crippen molar-refractivity contribution in [3.05, 3.63) is 48.3 Å². The van der Waals surface area contributed by atoms with E-state index >= 15 is 0 Å². The fourth-order valence-electron chi connectivity index (χ4n) is 2.15. The monoisotopic (exact) mass is 220 g/mol. The van der Waals surface area contributed by atoms with Gasteiger partial charge in [0.05, 0.1) is 6.04 Å². The van der Waals surface area contributed by atoms with Gasteiger partial charge in [-0.1, -0.05) is 24.3 Å². The highest BCUT2D eigenvalue weighted by Crippen LogP contribution is 2.24. The zero-order chi connectivity index (χ0) is 11.4. The van der Waals surface area contributed by atoms with E-state index in [1.165, 1.54) is 6.07 Å². The molecule has 0 unspecified atom stereocenters. The Kier molecular flexibility index (Phi) is 3.70. The first-order valence-electron chi connectivity index (χ1n) is 5.64. The molecule has 1 atom stereocenters. The van der Waals surface area contributed by atoms with Crippen molar-refractivity contribution in [2.24, 2.45) is 0 Å². The molecule has 1 heterocycles. The minimum atomic E-state index is -0.147. The first-order chi connectivity index (χ1) is 7.83. The van der Waals surface area contributed by atoms with E-state index in [4.69, 9.17) is 0 Å². The van der Waals surface area contributed by atoms with Crippen molar-refractivity contribution < 1.29 is 4.39 Å². The van der Waals surface area contributed by atoms with Gasteiger partial charge in [-0.2, -0.15) is 0 Å². The molecule has 0 amide bonds. The molecule has 1 aromatic rings. The predicted molar refractivity (Wildman–Crippen MR) is 63.8 cm³/mol. The van der Waals surface area contributed by atoms with Crippen LogP contribution in [0.15, 0.2) is 36.9 Å². The maximum atomic E-state index is 13.7. The largest absolute Gasteiger partial charge is 0.314 e.